The quantitative estimate of drug-likeness (QED) is 0.771. The summed E-state index contributed by atoms with van der Waals surface area (Å²) in [6.45, 7) is 0.572. The summed E-state index contributed by atoms with van der Waals surface area (Å²) in [5.41, 5.74) is 0.702. The van der Waals surface area contributed by atoms with Crippen molar-refractivity contribution in [1.29, 1.82) is 0 Å². The third-order valence-corrected chi connectivity index (χ3v) is 2.43. The molecule has 0 bridgehead atoms. The van der Waals surface area contributed by atoms with Gasteiger partial charge in [-0.3, -0.25) is 4.79 Å². The molecule has 0 saturated carbocycles. The number of methoxy groups -OCH3 is 1. The lowest BCUT2D eigenvalue weighted by molar-refractivity contribution is 0.414. The minimum Gasteiger partial charge on any atom is -0.497 e. The number of benzene rings is 1. The Bertz CT molecular complexity index is 595. The van der Waals surface area contributed by atoms with Gasteiger partial charge in [0, 0.05) is 12.6 Å². The van der Waals surface area contributed by atoms with Crippen molar-refractivity contribution >= 4 is 5.82 Å². The summed E-state index contributed by atoms with van der Waals surface area (Å²) < 4.78 is 5.13. The summed E-state index contributed by atoms with van der Waals surface area (Å²) in [4.78, 5) is 11.9. The number of rotatable bonds is 4. The molecule has 1 aromatic carbocycles. The van der Waals surface area contributed by atoms with Gasteiger partial charge in [0.1, 0.15) is 11.6 Å². The van der Waals surface area contributed by atoms with E-state index < -0.39 is 0 Å². The number of aromatic nitrogens is 2. The fourth-order valence-electron chi connectivity index (χ4n) is 1.49. The standard InChI is InChI=1S/C12H14N4O2/c1-18-10-4-2-3-9(7-10)8-14-11-5-6-12(17)16(13)15-11/h2-7H,8,13H2,1H3,(H,14,15). The summed E-state index contributed by atoms with van der Waals surface area (Å²) in [7, 11) is 1.62. The van der Waals surface area contributed by atoms with Crippen LogP contribution in [0.3, 0.4) is 0 Å². The number of nitrogen functional groups attached to an aromatic ring is 1. The number of nitrogens with zero attached hydrogens (tertiary/aromatic N) is 2. The number of hydrogen-bond donors (Lipinski definition) is 2. The van der Waals surface area contributed by atoms with Crippen molar-refractivity contribution in [3.63, 3.8) is 0 Å². The lowest BCUT2D eigenvalue weighted by Gasteiger charge is -2.07. The molecular weight excluding hydrogens is 232 g/mol. The van der Waals surface area contributed by atoms with Gasteiger partial charge in [0.25, 0.3) is 5.56 Å². The van der Waals surface area contributed by atoms with Gasteiger partial charge in [-0.1, -0.05) is 12.1 Å². The Morgan fingerprint density at radius 2 is 2.22 bits per heavy atom. The van der Waals surface area contributed by atoms with E-state index in [-0.39, 0.29) is 5.56 Å². The Kier molecular flexibility index (Phi) is 3.47. The minimum absolute atomic E-state index is 0.345. The Morgan fingerprint density at radius 1 is 1.39 bits per heavy atom. The number of hydrogen-bond acceptors (Lipinski definition) is 5. The van der Waals surface area contributed by atoms with E-state index >= 15 is 0 Å². The summed E-state index contributed by atoms with van der Waals surface area (Å²) in [6, 6.07) is 10.6. The van der Waals surface area contributed by atoms with Crippen LogP contribution in [-0.4, -0.2) is 17.0 Å². The maximum Gasteiger partial charge on any atom is 0.285 e. The van der Waals surface area contributed by atoms with Crippen molar-refractivity contribution in [2.75, 3.05) is 18.3 Å². The Morgan fingerprint density at radius 3 is 2.94 bits per heavy atom. The Labute approximate surface area is 104 Å². The number of anilines is 1. The molecule has 0 unspecified atom stereocenters. The van der Waals surface area contributed by atoms with E-state index in [0.29, 0.717) is 12.4 Å². The van der Waals surface area contributed by atoms with Gasteiger partial charge >= 0.3 is 0 Å². The van der Waals surface area contributed by atoms with Crippen molar-refractivity contribution in [2.45, 2.75) is 6.54 Å². The van der Waals surface area contributed by atoms with E-state index in [1.807, 2.05) is 24.3 Å². The highest BCUT2D eigenvalue weighted by atomic mass is 16.5. The number of ether oxygens (including phenoxy) is 1. The third-order valence-electron chi connectivity index (χ3n) is 2.43. The SMILES string of the molecule is COc1cccc(CNc2ccc(=O)n(N)n2)c1. The van der Waals surface area contributed by atoms with E-state index in [0.717, 1.165) is 16.1 Å². The molecule has 0 aliphatic heterocycles. The second-order valence-electron chi connectivity index (χ2n) is 3.71. The molecule has 0 fully saturated rings. The monoisotopic (exact) mass is 246 g/mol. The second kappa shape index (κ2) is 5.22. The highest BCUT2D eigenvalue weighted by Crippen LogP contribution is 2.13. The summed E-state index contributed by atoms with van der Waals surface area (Å²) >= 11 is 0. The molecule has 0 atom stereocenters. The molecule has 18 heavy (non-hydrogen) atoms. The zero-order valence-electron chi connectivity index (χ0n) is 9.96. The van der Waals surface area contributed by atoms with Gasteiger partial charge in [0.2, 0.25) is 0 Å². The average Bonchev–Trinajstić information content (AvgIpc) is 2.40. The zero-order chi connectivity index (χ0) is 13.0. The maximum atomic E-state index is 11.1. The smallest absolute Gasteiger partial charge is 0.285 e. The summed E-state index contributed by atoms with van der Waals surface area (Å²) in [5.74, 6) is 6.71. The molecule has 6 nitrogen and oxygen atoms in total. The molecule has 0 spiro atoms. The lowest BCUT2D eigenvalue weighted by atomic mass is 10.2. The van der Waals surface area contributed by atoms with E-state index in [1.54, 1.807) is 13.2 Å². The molecule has 2 rings (SSSR count). The molecule has 3 N–H and O–H groups in total. The molecule has 0 aliphatic carbocycles. The van der Waals surface area contributed by atoms with Crippen LogP contribution in [0.4, 0.5) is 5.82 Å². The molecular formula is C12H14N4O2. The summed E-state index contributed by atoms with van der Waals surface area (Å²) in [5, 5.41) is 6.94. The van der Waals surface area contributed by atoms with Crippen molar-refractivity contribution in [3.8, 4) is 5.75 Å². The minimum atomic E-state index is -0.345. The predicted molar refractivity (Wildman–Crippen MR) is 69.0 cm³/mol. The topological polar surface area (TPSA) is 82.2 Å². The second-order valence-corrected chi connectivity index (χ2v) is 3.71. The van der Waals surface area contributed by atoms with Gasteiger partial charge in [0.05, 0.1) is 7.11 Å². The normalized spacial score (nSPS) is 10.1. The van der Waals surface area contributed by atoms with Gasteiger partial charge in [-0.2, -0.15) is 0 Å². The predicted octanol–water partition coefficient (Wildman–Crippen LogP) is 0.578. The Hall–Kier alpha value is -2.50. The van der Waals surface area contributed by atoms with Crippen LogP contribution in [0.5, 0.6) is 5.75 Å². The van der Waals surface area contributed by atoms with Crippen LogP contribution in [0.1, 0.15) is 5.56 Å². The molecule has 0 saturated heterocycles. The van der Waals surface area contributed by atoms with Crippen LogP contribution >= 0.6 is 0 Å². The molecule has 0 amide bonds. The maximum absolute atomic E-state index is 11.1. The van der Waals surface area contributed by atoms with E-state index in [2.05, 4.69) is 10.4 Å². The molecule has 6 heteroatoms. The first-order valence-corrected chi connectivity index (χ1v) is 5.41. The first-order chi connectivity index (χ1) is 8.69. The largest absolute Gasteiger partial charge is 0.497 e. The fourth-order valence-corrected chi connectivity index (χ4v) is 1.49. The lowest BCUT2D eigenvalue weighted by Crippen LogP contribution is -2.29. The van der Waals surface area contributed by atoms with Gasteiger partial charge in [-0.15, -0.1) is 9.89 Å². The highest BCUT2D eigenvalue weighted by molar-refractivity contribution is 5.35. The molecule has 0 radical (unpaired) electrons. The van der Waals surface area contributed by atoms with Gasteiger partial charge in [-0.05, 0) is 23.8 Å². The number of nitrogens with one attached hydrogen (secondary N) is 1. The molecule has 2 aromatic rings. The van der Waals surface area contributed by atoms with Crippen LogP contribution in [-0.2, 0) is 6.54 Å². The molecule has 1 heterocycles. The first-order valence-electron chi connectivity index (χ1n) is 5.41. The average molecular weight is 246 g/mol. The van der Waals surface area contributed by atoms with Crippen LogP contribution in [0.15, 0.2) is 41.2 Å². The van der Waals surface area contributed by atoms with Crippen molar-refractivity contribution in [1.82, 2.24) is 9.89 Å². The third kappa shape index (κ3) is 2.79. The van der Waals surface area contributed by atoms with Gasteiger partial charge < -0.3 is 15.9 Å². The van der Waals surface area contributed by atoms with Crippen molar-refractivity contribution in [3.05, 3.63) is 52.3 Å². The summed E-state index contributed by atoms with van der Waals surface area (Å²) in [6.07, 6.45) is 0. The molecule has 94 valence electrons. The Balaban J connectivity index is 2.06. The van der Waals surface area contributed by atoms with Gasteiger partial charge in [0.15, 0.2) is 0 Å². The van der Waals surface area contributed by atoms with Crippen molar-refractivity contribution < 1.29 is 4.74 Å². The van der Waals surface area contributed by atoms with E-state index in [1.165, 1.54) is 6.07 Å². The van der Waals surface area contributed by atoms with E-state index in [9.17, 15) is 4.79 Å². The van der Waals surface area contributed by atoms with E-state index in [4.69, 9.17) is 10.6 Å². The van der Waals surface area contributed by atoms with Crippen LogP contribution in [0.25, 0.3) is 0 Å². The van der Waals surface area contributed by atoms with Gasteiger partial charge in [-0.25, -0.2) is 0 Å². The fraction of sp³-hybridized carbons (Fsp3) is 0.167. The molecule has 0 aliphatic rings. The van der Waals surface area contributed by atoms with Crippen LogP contribution < -0.4 is 21.5 Å². The number of nitrogens with two attached hydrogens (primary N) is 1. The molecule has 1 aromatic heterocycles. The van der Waals surface area contributed by atoms with Crippen LogP contribution in [0, 0.1) is 0 Å². The zero-order valence-corrected chi connectivity index (χ0v) is 9.96. The van der Waals surface area contributed by atoms with Crippen molar-refractivity contribution in [2.24, 2.45) is 0 Å². The highest BCUT2D eigenvalue weighted by Gasteiger charge is 1.99. The van der Waals surface area contributed by atoms with Crippen LogP contribution in [0.2, 0.25) is 0 Å². The first kappa shape index (κ1) is 12.0.